The molecule has 8 nitrogen and oxygen atoms in total. The lowest BCUT2D eigenvalue weighted by molar-refractivity contribution is -0.383. The summed E-state index contributed by atoms with van der Waals surface area (Å²) in [5.74, 6) is 1.36. The van der Waals surface area contributed by atoms with Gasteiger partial charge in [0.05, 0.1) is 10.3 Å². The number of nitro benzene ring substituents is 1. The Balaban J connectivity index is 1.59. The van der Waals surface area contributed by atoms with Gasteiger partial charge in [-0.15, -0.1) is 0 Å². The number of carbonyl (C=O) groups excluding carboxylic acids is 1. The second-order valence-corrected chi connectivity index (χ2v) is 6.49. The number of likely N-dealkylation sites (tertiary alicyclic amines) is 1. The van der Waals surface area contributed by atoms with Gasteiger partial charge in [0.1, 0.15) is 17.3 Å². The molecule has 0 radical (unpaired) electrons. The van der Waals surface area contributed by atoms with Gasteiger partial charge >= 0.3 is 6.03 Å². The van der Waals surface area contributed by atoms with Crippen LogP contribution in [0.3, 0.4) is 0 Å². The molecule has 0 aliphatic carbocycles. The van der Waals surface area contributed by atoms with Crippen LogP contribution in [0.1, 0.15) is 12.8 Å². The molecule has 28 heavy (non-hydrogen) atoms. The summed E-state index contributed by atoms with van der Waals surface area (Å²) in [4.78, 5) is 29.0. The highest BCUT2D eigenvalue weighted by atomic mass is 16.6. The number of anilines is 1. The molecule has 1 aliphatic heterocycles. The number of urea groups is 1. The zero-order valence-corrected chi connectivity index (χ0v) is 15.0. The molecule has 1 aliphatic rings. The maximum Gasteiger partial charge on any atom is 0.323 e. The van der Waals surface area contributed by atoms with Crippen LogP contribution in [0.2, 0.25) is 0 Å². The largest absolute Gasteiger partial charge is 0.457 e. The van der Waals surface area contributed by atoms with E-state index in [0.717, 1.165) is 25.9 Å². The summed E-state index contributed by atoms with van der Waals surface area (Å²) in [5, 5.41) is 15.2. The van der Waals surface area contributed by atoms with Crippen LogP contribution in [0.15, 0.2) is 54.7 Å². The molecule has 0 atom stereocenters. The zero-order valence-electron chi connectivity index (χ0n) is 15.0. The first kappa shape index (κ1) is 17.7. The van der Waals surface area contributed by atoms with Crippen molar-refractivity contribution < 1.29 is 14.5 Å². The normalized spacial score (nSPS) is 13.5. The molecule has 2 aromatic carbocycles. The van der Waals surface area contributed by atoms with E-state index in [1.807, 2.05) is 0 Å². The highest BCUT2D eigenvalue weighted by Crippen LogP contribution is 2.35. The van der Waals surface area contributed by atoms with Crippen LogP contribution in [0, 0.1) is 10.1 Å². The Kier molecular flexibility index (Phi) is 4.76. The SMILES string of the molecule is O=C(Nc1cc(Oc2ccc([N+](=O)[O-])c3ccccc23)ccn1)N1CCCC1. The molecule has 3 aromatic rings. The number of non-ortho nitro benzene ring substituents is 1. The Hall–Kier alpha value is -3.68. The van der Waals surface area contributed by atoms with E-state index in [-0.39, 0.29) is 11.7 Å². The second kappa shape index (κ2) is 7.51. The molecular weight excluding hydrogens is 360 g/mol. The van der Waals surface area contributed by atoms with Crippen LogP contribution >= 0.6 is 0 Å². The maximum absolute atomic E-state index is 12.2. The number of rotatable bonds is 4. The minimum atomic E-state index is -0.412. The Morgan fingerprint density at radius 2 is 1.86 bits per heavy atom. The Morgan fingerprint density at radius 1 is 1.11 bits per heavy atom. The van der Waals surface area contributed by atoms with Gasteiger partial charge in [-0.05, 0) is 31.0 Å². The highest BCUT2D eigenvalue weighted by Gasteiger charge is 2.19. The molecule has 0 saturated carbocycles. The van der Waals surface area contributed by atoms with E-state index in [4.69, 9.17) is 4.74 Å². The number of carbonyl (C=O) groups is 1. The fraction of sp³-hybridized carbons (Fsp3) is 0.200. The molecule has 2 amide bonds. The predicted molar refractivity (Wildman–Crippen MR) is 105 cm³/mol. The van der Waals surface area contributed by atoms with Crippen molar-refractivity contribution in [1.29, 1.82) is 0 Å². The van der Waals surface area contributed by atoms with Crippen LogP contribution in [-0.4, -0.2) is 33.9 Å². The predicted octanol–water partition coefficient (Wildman–Crippen LogP) is 4.56. The summed E-state index contributed by atoms with van der Waals surface area (Å²) in [7, 11) is 0. The van der Waals surface area contributed by atoms with E-state index in [9.17, 15) is 14.9 Å². The number of nitrogens with zero attached hydrogens (tertiary/aromatic N) is 3. The fourth-order valence-corrected chi connectivity index (χ4v) is 3.28. The average molecular weight is 378 g/mol. The van der Waals surface area contributed by atoms with E-state index in [2.05, 4.69) is 10.3 Å². The van der Waals surface area contributed by atoms with Crippen LogP contribution in [0.5, 0.6) is 11.5 Å². The Morgan fingerprint density at radius 3 is 2.61 bits per heavy atom. The smallest absolute Gasteiger partial charge is 0.323 e. The van der Waals surface area contributed by atoms with E-state index in [1.54, 1.807) is 53.6 Å². The summed E-state index contributed by atoms with van der Waals surface area (Å²) >= 11 is 0. The van der Waals surface area contributed by atoms with Gasteiger partial charge in [0.25, 0.3) is 5.69 Å². The fourth-order valence-electron chi connectivity index (χ4n) is 3.28. The lowest BCUT2D eigenvalue weighted by Crippen LogP contribution is -2.32. The van der Waals surface area contributed by atoms with Crippen molar-refractivity contribution in [2.45, 2.75) is 12.8 Å². The highest BCUT2D eigenvalue weighted by molar-refractivity contribution is 5.95. The van der Waals surface area contributed by atoms with Crippen molar-refractivity contribution >= 4 is 28.3 Å². The standard InChI is InChI=1S/C20H18N4O4/c25-20(23-11-3-4-12-23)22-19-13-14(9-10-21-19)28-18-8-7-17(24(26)27)15-5-1-2-6-16(15)18/h1-2,5-10,13H,3-4,11-12H2,(H,21,22,25). The van der Waals surface area contributed by atoms with Gasteiger partial charge in [-0.25, -0.2) is 9.78 Å². The van der Waals surface area contributed by atoms with Gasteiger partial charge in [0.2, 0.25) is 0 Å². The van der Waals surface area contributed by atoms with Crippen LogP contribution < -0.4 is 10.1 Å². The van der Waals surface area contributed by atoms with Crippen molar-refractivity contribution in [2.24, 2.45) is 0 Å². The number of ether oxygens (including phenoxy) is 1. The van der Waals surface area contributed by atoms with Crippen molar-refractivity contribution in [3.63, 3.8) is 0 Å². The monoisotopic (exact) mass is 378 g/mol. The molecule has 142 valence electrons. The zero-order chi connectivity index (χ0) is 19.5. The summed E-state index contributed by atoms with van der Waals surface area (Å²) in [5.41, 5.74) is 0.0243. The van der Waals surface area contributed by atoms with Crippen LogP contribution in [0.4, 0.5) is 16.3 Å². The molecule has 8 heteroatoms. The van der Waals surface area contributed by atoms with Gasteiger partial charge < -0.3 is 9.64 Å². The first-order valence-electron chi connectivity index (χ1n) is 8.98. The Labute approximate surface area is 160 Å². The number of pyridine rings is 1. The molecule has 1 saturated heterocycles. The first-order chi connectivity index (χ1) is 13.6. The number of benzene rings is 2. The van der Waals surface area contributed by atoms with Gasteiger partial charge in [0.15, 0.2) is 0 Å². The summed E-state index contributed by atoms with van der Waals surface area (Å²) < 4.78 is 5.95. The minimum Gasteiger partial charge on any atom is -0.457 e. The van der Waals surface area contributed by atoms with Crippen molar-refractivity contribution in [3.05, 3.63) is 64.8 Å². The number of nitrogens with one attached hydrogen (secondary N) is 1. The summed E-state index contributed by atoms with van der Waals surface area (Å²) in [6.07, 6.45) is 3.57. The first-order valence-corrected chi connectivity index (χ1v) is 8.98. The lowest BCUT2D eigenvalue weighted by atomic mass is 10.1. The molecule has 1 N–H and O–H groups in total. The second-order valence-electron chi connectivity index (χ2n) is 6.49. The number of aromatic nitrogens is 1. The third-order valence-corrected chi connectivity index (χ3v) is 4.65. The van der Waals surface area contributed by atoms with Crippen molar-refractivity contribution in [3.8, 4) is 11.5 Å². The Bertz CT molecular complexity index is 1050. The number of nitro groups is 1. The maximum atomic E-state index is 12.2. The van der Waals surface area contributed by atoms with Gasteiger partial charge in [-0.1, -0.05) is 18.2 Å². The average Bonchev–Trinajstić information content (AvgIpc) is 3.23. The minimum absolute atomic E-state index is 0.0243. The lowest BCUT2D eigenvalue weighted by Gasteiger charge is -2.16. The van der Waals surface area contributed by atoms with E-state index in [0.29, 0.717) is 28.1 Å². The van der Waals surface area contributed by atoms with E-state index in [1.165, 1.54) is 6.07 Å². The van der Waals surface area contributed by atoms with Crippen LogP contribution in [0.25, 0.3) is 10.8 Å². The number of hydrogen-bond donors (Lipinski definition) is 1. The molecular formula is C20H18N4O4. The quantitative estimate of drug-likeness (QED) is 0.530. The summed E-state index contributed by atoms with van der Waals surface area (Å²) in [6.45, 7) is 1.49. The molecule has 1 fully saturated rings. The number of hydrogen-bond acceptors (Lipinski definition) is 5. The van der Waals surface area contributed by atoms with Gasteiger partial charge in [0, 0.05) is 36.8 Å². The molecule has 1 aromatic heterocycles. The summed E-state index contributed by atoms with van der Waals surface area (Å²) in [6, 6.07) is 13.1. The van der Waals surface area contributed by atoms with E-state index >= 15 is 0 Å². The molecule has 0 spiro atoms. The van der Waals surface area contributed by atoms with Crippen molar-refractivity contribution in [2.75, 3.05) is 18.4 Å². The van der Waals surface area contributed by atoms with Crippen LogP contribution in [-0.2, 0) is 0 Å². The molecule has 4 rings (SSSR count). The number of fused-ring (bicyclic) bond motifs is 1. The molecule has 0 unspecified atom stereocenters. The van der Waals surface area contributed by atoms with Gasteiger partial charge in [-0.3, -0.25) is 15.4 Å². The number of amides is 2. The van der Waals surface area contributed by atoms with Gasteiger partial charge in [-0.2, -0.15) is 0 Å². The van der Waals surface area contributed by atoms with E-state index < -0.39 is 4.92 Å². The topological polar surface area (TPSA) is 97.6 Å². The molecule has 0 bridgehead atoms. The molecule has 2 heterocycles. The van der Waals surface area contributed by atoms with Crippen molar-refractivity contribution in [1.82, 2.24) is 9.88 Å². The third-order valence-electron chi connectivity index (χ3n) is 4.65. The third kappa shape index (κ3) is 3.57.